The number of hydrogen-bond acceptors (Lipinski definition) is 3. The second kappa shape index (κ2) is 5.82. The molecule has 1 amide bonds. The number of nitrogens with one attached hydrogen (secondary N) is 1. The van der Waals surface area contributed by atoms with E-state index in [0.29, 0.717) is 6.54 Å². The van der Waals surface area contributed by atoms with Gasteiger partial charge < -0.3 is 9.88 Å². The summed E-state index contributed by atoms with van der Waals surface area (Å²) in [5.74, 6) is 0.0315. The Labute approximate surface area is 111 Å². The highest BCUT2D eigenvalue weighted by atomic mass is 32.1. The van der Waals surface area contributed by atoms with Gasteiger partial charge in [0.05, 0.1) is 11.2 Å². The number of hydrogen-bond donors (Lipinski definition) is 1. The van der Waals surface area contributed by atoms with Gasteiger partial charge in [0.2, 0.25) is 0 Å². The smallest absolute Gasteiger partial charge is 0.261 e. The van der Waals surface area contributed by atoms with Gasteiger partial charge in [0, 0.05) is 31.9 Å². The predicted octanol–water partition coefficient (Wildman–Crippen LogP) is 2.02. The first-order valence-electron chi connectivity index (χ1n) is 6.02. The number of nitrogens with zero attached hydrogens (tertiary/aromatic N) is 2. The zero-order chi connectivity index (χ0) is 13.0. The molecule has 2 heterocycles. The Kier molecular flexibility index (Phi) is 4.15. The molecule has 0 radical (unpaired) electrons. The second-order valence-electron chi connectivity index (χ2n) is 4.13. The Morgan fingerprint density at radius 2 is 2.39 bits per heavy atom. The molecule has 0 aliphatic rings. The number of imidazole rings is 1. The van der Waals surface area contributed by atoms with Crippen molar-refractivity contribution >= 4 is 17.2 Å². The molecule has 0 saturated heterocycles. The molecule has 0 spiro atoms. The van der Waals surface area contributed by atoms with Gasteiger partial charge in [-0.2, -0.15) is 0 Å². The van der Waals surface area contributed by atoms with Crippen LogP contribution in [0.2, 0.25) is 0 Å². The van der Waals surface area contributed by atoms with Crippen LogP contribution >= 0.6 is 11.3 Å². The maximum absolute atomic E-state index is 12.0. The zero-order valence-electron chi connectivity index (χ0n) is 10.6. The van der Waals surface area contributed by atoms with Crippen LogP contribution in [0.1, 0.15) is 27.9 Å². The fourth-order valence-corrected chi connectivity index (χ4v) is 2.73. The highest BCUT2D eigenvalue weighted by Gasteiger charge is 2.11. The third kappa shape index (κ3) is 2.79. The number of amides is 1. The lowest BCUT2D eigenvalue weighted by atomic mass is 10.2. The minimum Gasteiger partial charge on any atom is -0.351 e. The molecule has 2 aromatic heterocycles. The van der Waals surface area contributed by atoms with Crippen LogP contribution < -0.4 is 5.32 Å². The minimum absolute atomic E-state index is 0.0315. The average molecular weight is 263 g/mol. The van der Waals surface area contributed by atoms with Crippen molar-refractivity contribution in [3.05, 3.63) is 40.1 Å². The van der Waals surface area contributed by atoms with Crippen LogP contribution in [0.3, 0.4) is 0 Å². The normalized spacial score (nSPS) is 10.6. The summed E-state index contributed by atoms with van der Waals surface area (Å²) in [4.78, 5) is 16.9. The molecule has 0 aliphatic heterocycles. The Morgan fingerprint density at radius 3 is 3.06 bits per heavy atom. The summed E-state index contributed by atoms with van der Waals surface area (Å²) in [6, 6.07) is 2.01. The van der Waals surface area contributed by atoms with Crippen LogP contribution in [0, 0.1) is 0 Å². The Hall–Kier alpha value is -1.62. The van der Waals surface area contributed by atoms with Crippen molar-refractivity contribution < 1.29 is 4.79 Å². The van der Waals surface area contributed by atoms with Crippen LogP contribution in [-0.4, -0.2) is 22.0 Å². The molecule has 0 aliphatic carbocycles. The number of aromatic nitrogens is 2. The lowest BCUT2D eigenvalue weighted by Crippen LogP contribution is -2.26. The lowest BCUT2D eigenvalue weighted by Gasteiger charge is -2.05. The zero-order valence-corrected chi connectivity index (χ0v) is 11.5. The van der Waals surface area contributed by atoms with Gasteiger partial charge in [0.25, 0.3) is 5.91 Å². The molecule has 18 heavy (non-hydrogen) atoms. The summed E-state index contributed by atoms with van der Waals surface area (Å²) in [5, 5.41) is 4.92. The third-order valence-electron chi connectivity index (χ3n) is 2.92. The van der Waals surface area contributed by atoms with E-state index in [1.807, 2.05) is 29.3 Å². The van der Waals surface area contributed by atoms with Crippen LogP contribution in [-0.2, 0) is 19.9 Å². The fraction of sp³-hybridized carbons (Fsp3) is 0.385. The molecule has 2 aromatic rings. The Bertz CT molecular complexity index is 530. The number of carbonyl (C=O) groups excluding carboxylic acids is 1. The molecule has 0 aromatic carbocycles. The van der Waals surface area contributed by atoms with E-state index in [9.17, 15) is 4.79 Å². The molecule has 2 rings (SSSR count). The van der Waals surface area contributed by atoms with Crippen molar-refractivity contribution in [2.45, 2.75) is 19.8 Å². The van der Waals surface area contributed by atoms with Crippen LogP contribution in [0.15, 0.2) is 24.0 Å². The topological polar surface area (TPSA) is 46.9 Å². The van der Waals surface area contributed by atoms with E-state index in [1.165, 1.54) is 11.3 Å². The summed E-state index contributed by atoms with van der Waals surface area (Å²) < 4.78 is 1.97. The minimum atomic E-state index is 0.0315. The quantitative estimate of drug-likeness (QED) is 0.897. The van der Waals surface area contributed by atoms with Gasteiger partial charge in [0.15, 0.2) is 0 Å². The number of rotatable bonds is 5. The molecule has 0 unspecified atom stereocenters. The highest BCUT2D eigenvalue weighted by Crippen LogP contribution is 2.16. The first kappa shape index (κ1) is 12.8. The predicted molar refractivity (Wildman–Crippen MR) is 72.9 cm³/mol. The SMILES string of the molecule is CCc1ccsc1C(=O)NCCc1cncn1C. The maximum Gasteiger partial charge on any atom is 0.261 e. The molecule has 96 valence electrons. The molecule has 5 heteroatoms. The van der Waals surface area contributed by atoms with E-state index in [4.69, 9.17) is 0 Å². The van der Waals surface area contributed by atoms with Crippen molar-refractivity contribution in [2.24, 2.45) is 7.05 Å². The van der Waals surface area contributed by atoms with Crippen LogP contribution in [0.4, 0.5) is 0 Å². The molecule has 0 atom stereocenters. The number of thiophene rings is 1. The largest absolute Gasteiger partial charge is 0.351 e. The van der Waals surface area contributed by atoms with Crippen molar-refractivity contribution in [3.63, 3.8) is 0 Å². The van der Waals surface area contributed by atoms with Gasteiger partial charge in [-0.1, -0.05) is 6.92 Å². The van der Waals surface area contributed by atoms with E-state index < -0.39 is 0 Å². The van der Waals surface area contributed by atoms with E-state index in [1.54, 1.807) is 6.33 Å². The maximum atomic E-state index is 12.0. The van der Waals surface area contributed by atoms with Gasteiger partial charge in [-0.15, -0.1) is 11.3 Å². The second-order valence-corrected chi connectivity index (χ2v) is 5.05. The van der Waals surface area contributed by atoms with Gasteiger partial charge in [-0.3, -0.25) is 4.79 Å². The fourth-order valence-electron chi connectivity index (χ4n) is 1.82. The van der Waals surface area contributed by atoms with E-state index >= 15 is 0 Å². The molecular formula is C13H17N3OS. The van der Waals surface area contributed by atoms with Crippen LogP contribution in [0.25, 0.3) is 0 Å². The summed E-state index contributed by atoms with van der Waals surface area (Å²) in [5.41, 5.74) is 2.25. The van der Waals surface area contributed by atoms with Gasteiger partial charge in [0.1, 0.15) is 0 Å². The summed E-state index contributed by atoms with van der Waals surface area (Å²) in [6.45, 7) is 2.70. The van der Waals surface area contributed by atoms with Gasteiger partial charge >= 0.3 is 0 Å². The average Bonchev–Trinajstić information content (AvgIpc) is 2.98. The van der Waals surface area contributed by atoms with E-state index in [2.05, 4.69) is 17.2 Å². The van der Waals surface area contributed by atoms with E-state index in [0.717, 1.165) is 29.0 Å². The van der Waals surface area contributed by atoms with Crippen LogP contribution in [0.5, 0.6) is 0 Å². The number of aryl methyl sites for hydroxylation is 2. The molecule has 4 nitrogen and oxygen atoms in total. The van der Waals surface area contributed by atoms with Gasteiger partial charge in [-0.25, -0.2) is 4.98 Å². The van der Waals surface area contributed by atoms with Crippen molar-refractivity contribution in [2.75, 3.05) is 6.54 Å². The highest BCUT2D eigenvalue weighted by molar-refractivity contribution is 7.12. The summed E-state index contributed by atoms with van der Waals surface area (Å²) in [6.07, 6.45) is 5.30. The lowest BCUT2D eigenvalue weighted by molar-refractivity contribution is 0.0957. The number of carbonyl (C=O) groups is 1. The standard InChI is InChI=1S/C13H17N3OS/c1-3-10-5-7-18-12(10)13(17)15-6-4-11-8-14-9-16(11)2/h5,7-9H,3-4,6H2,1-2H3,(H,15,17). The van der Waals surface area contributed by atoms with Crippen molar-refractivity contribution in [1.82, 2.24) is 14.9 Å². The molecule has 1 N–H and O–H groups in total. The van der Waals surface area contributed by atoms with Gasteiger partial charge in [-0.05, 0) is 23.4 Å². The van der Waals surface area contributed by atoms with Crippen molar-refractivity contribution in [1.29, 1.82) is 0 Å². The van der Waals surface area contributed by atoms with Crippen molar-refractivity contribution in [3.8, 4) is 0 Å². The first-order chi connectivity index (χ1) is 8.72. The molecule has 0 bridgehead atoms. The summed E-state index contributed by atoms with van der Waals surface area (Å²) >= 11 is 1.50. The molecule has 0 fully saturated rings. The Balaban J connectivity index is 1.87. The monoisotopic (exact) mass is 263 g/mol. The first-order valence-corrected chi connectivity index (χ1v) is 6.90. The molecule has 0 saturated carbocycles. The Morgan fingerprint density at radius 1 is 1.56 bits per heavy atom. The summed E-state index contributed by atoms with van der Waals surface area (Å²) in [7, 11) is 1.96. The third-order valence-corrected chi connectivity index (χ3v) is 3.87. The molecular weight excluding hydrogens is 246 g/mol. The van der Waals surface area contributed by atoms with E-state index in [-0.39, 0.29) is 5.91 Å².